The lowest BCUT2D eigenvalue weighted by atomic mass is 9.76. The average Bonchev–Trinajstić information content (AvgIpc) is 2.73. The van der Waals surface area contributed by atoms with Crippen LogP contribution in [0.3, 0.4) is 0 Å². The summed E-state index contributed by atoms with van der Waals surface area (Å²) >= 11 is 0. The maximum absolute atomic E-state index is 12.2. The molecule has 0 aromatic heterocycles. The molecule has 0 amide bonds. The van der Waals surface area contributed by atoms with Gasteiger partial charge in [-0.05, 0) is 55.0 Å². The first-order valence-electron chi connectivity index (χ1n) is 11.2. The van der Waals surface area contributed by atoms with Gasteiger partial charge in [0.1, 0.15) is 5.75 Å². The molecule has 0 fully saturated rings. The van der Waals surface area contributed by atoms with E-state index >= 15 is 0 Å². The number of carbonyl (C=O) groups is 1. The minimum atomic E-state index is -0.489. The van der Waals surface area contributed by atoms with Gasteiger partial charge in [-0.15, -0.1) is 0 Å². The molecule has 2 aliphatic heterocycles. The van der Waals surface area contributed by atoms with Crippen LogP contribution in [0.4, 0.5) is 0 Å². The third-order valence-electron chi connectivity index (χ3n) is 6.17. The van der Waals surface area contributed by atoms with E-state index in [1.165, 1.54) is 6.21 Å². The molecule has 0 spiro atoms. The standard InChI is InChI=1S/C27H35N3O3/c1-16-8-24-21-11-25(33-7)22(20(12-28)14-29-13-17(2)31)9-19(21)10-26(27(4,5)6)30(24)15-23(16)18(3)32/h8-9,11-12,14-15,17,26,28-29,31H,1,10,13H2,2-7H3/b20-14+,28-12?. The quantitative estimate of drug-likeness (QED) is 0.540. The zero-order valence-corrected chi connectivity index (χ0v) is 20.5. The predicted molar refractivity (Wildman–Crippen MR) is 134 cm³/mol. The number of Topliss-reactive ketones (excluding diaryl/α,β-unsaturated/α-hetero) is 1. The Morgan fingerprint density at radius 3 is 2.67 bits per heavy atom. The summed E-state index contributed by atoms with van der Waals surface area (Å²) in [5.74, 6) is 0.663. The number of hydrogen-bond donors (Lipinski definition) is 3. The molecule has 1 aromatic rings. The highest BCUT2D eigenvalue weighted by molar-refractivity contribution is 6.09. The van der Waals surface area contributed by atoms with E-state index in [9.17, 15) is 9.90 Å². The smallest absolute Gasteiger partial charge is 0.161 e. The van der Waals surface area contributed by atoms with E-state index in [4.69, 9.17) is 10.1 Å². The molecule has 2 heterocycles. The number of hydrogen-bond acceptors (Lipinski definition) is 6. The number of aliphatic hydroxyl groups is 1. The lowest BCUT2D eigenvalue weighted by Gasteiger charge is -2.46. The first-order chi connectivity index (χ1) is 15.5. The van der Waals surface area contributed by atoms with Gasteiger partial charge in [0.15, 0.2) is 5.78 Å². The van der Waals surface area contributed by atoms with E-state index < -0.39 is 6.10 Å². The number of fused-ring (bicyclic) bond motifs is 3. The number of allylic oxidation sites excluding steroid dienone is 4. The van der Waals surface area contributed by atoms with Crippen LogP contribution in [0.2, 0.25) is 0 Å². The lowest BCUT2D eigenvalue weighted by molar-refractivity contribution is -0.113. The van der Waals surface area contributed by atoms with Crippen molar-refractivity contribution in [2.24, 2.45) is 5.41 Å². The van der Waals surface area contributed by atoms with E-state index in [-0.39, 0.29) is 17.2 Å². The van der Waals surface area contributed by atoms with E-state index in [2.05, 4.69) is 43.6 Å². The van der Waals surface area contributed by atoms with Crippen molar-refractivity contribution in [2.45, 2.75) is 53.2 Å². The summed E-state index contributed by atoms with van der Waals surface area (Å²) in [5, 5.41) is 20.6. The molecular weight excluding hydrogens is 414 g/mol. The third kappa shape index (κ3) is 4.96. The Labute approximate surface area is 196 Å². The Bertz CT molecular complexity index is 1070. The molecule has 2 unspecified atom stereocenters. The second kappa shape index (κ2) is 9.40. The number of carbonyl (C=O) groups excluding carboxylic acids is 1. The molecule has 0 aliphatic carbocycles. The fourth-order valence-electron chi connectivity index (χ4n) is 4.39. The zero-order chi connectivity index (χ0) is 24.5. The van der Waals surface area contributed by atoms with Crippen LogP contribution in [0.15, 0.2) is 48.3 Å². The van der Waals surface area contributed by atoms with Gasteiger partial charge in [-0.3, -0.25) is 4.79 Å². The molecule has 3 N–H and O–H groups in total. The van der Waals surface area contributed by atoms with Crippen molar-refractivity contribution >= 4 is 23.3 Å². The Kier molecular flexibility index (Phi) is 6.98. The van der Waals surface area contributed by atoms with Gasteiger partial charge in [-0.1, -0.05) is 27.4 Å². The Morgan fingerprint density at radius 2 is 2.12 bits per heavy atom. The van der Waals surface area contributed by atoms with Crippen molar-refractivity contribution in [2.75, 3.05) is 13.7 Å². The van der Waals surface area contributed by atoms with Crippen molar-refractivity contribution in [1.29, 1.82) is 5.41 Å². The summed E-state index contributed by atoms with van der Waals surface area (Å²) in [5.41, 5.74) is 5.99. The molecule has 0 saturated heterocycles. The van der Waals surface area contributed by atoms with E-state index in [1.54, 1.807) is 27.2 Å². The number of ketones is 1. The number of benzene rings is 1. The zero-order valence-electron chi connectivity index (χ0n) is 20.5. The summed E-state index contributed by atoms with van der Waals surface area (Å²) in [6.45, 7) is 14.4. The molecule has 6 nitrogen and oxygen atoms in total. The Morgan fingerprint density at radius 1 is 1.42 bits per heavy atom. The number of aliphatic hydroxyl groups excluding tert-OH is 1. The first-order valence-corrected chi connectivity index (χ1v) is 11.2. The molecule has 3 rings (SSSR count). The molecule has 2 aliphatic rings. The van der Waals surface area contributed by atoms with E-state index in [0.29, 0.717) is 29.0 Å². The van der Waals surface area contributed by atoms with Crippen LogP contribution in [0.5, 0.6) is 5.75 Å². The van der Waals surface area contributed by atoms with Crippen LogP contribution in [-0.4, -0.2) is 47.8 Å². The van der Waals surface area contributed by atoms with Crippen LogP contribution in [-0.2, 0) is 11.2 Å². The fraction of sp³-hybridized carbons (Fsp3) is 0.407. The highest BCUT2D eigenvalue weighted by atomic mass is 16.5. The highest BCUT2D eigenvalue weighted by Gasteiger charge is 2.38. The monoisotopic (exact) mass is 449 g/mol. The van der Waals surface area contributed by atoms with Crippen molar-refractivity contribution in [3.63, 3.8) is 0 Å². The average molecular weight is 450 g/mol. The molecule has 176 valence electrons. The van der Waals surface area contributed by atoms with Crippen LogP contribution >= 0.6 is 0 Å². The Balaban J connectivity index is 2.16. The van der Waals surface area contributed by atoms with Gasteiger partial charge < -0.3 is 25.5 Å². The van der Waals surface area contributed by atoms with Gasteiger partial charge in [0.05, 0.1) is 13.2 Å². The summed E-state index contributed by atoms with van der Waals surface area (Å²) < 4.78 is 5.72. The second-order valence-corrected chi connectivity index (χ2v) is 9.86. The SMILES string of the molecule is C=C1C=C2c3cc(OC)c(/C(C=N)=C/NCC(C)O)cc3CC(C(C)(C)C)N2C=C1C(C)=O. The van der Waals surface area contributed by atoms with Crippen molar-refractivity contribution in [3.8, 4) is 5.75 Å². The molecule has 33 heavy (non-hydrogen) atoms. The van der Waals surface area contributed by atoms with Gasteiger partial charge in [-0.25, -0.2) is 0 Å². The topological polar surface area (TPSA) is 85.7 Å². The van der Waals surface area contributed by atoms with Gasteiger partial charge in [0.25, 0.3) is 0 Å². The minimum Gasteiger partial charge on any atom is -0.496 e. The summed E-state index contributed by atoms with van der Waals surface area (Å²) in [6, 6.07) is 4.24. The molecule has 0 radical (unpaired) electrons. The highest BCUT2D eigenvalue weighted by Crippen LogP contribution is 2.45. The molecule has 0 saturated carbocycles. The molecule has 0 bridgehead atoms. The largest absolute Gasteiger partial charge is 0.496 e. The number of rotatable bonds is 7. The summed E-state index contributed by atoms with van der Waals surface area (Å²) in [6.07, 6.45) is 7.26. The summed E-state index contributed by atoms with van der Waals surface area (Å²) in [7, 11) is 1.62. The predicted octanol–water partition coefficient (Wildman–Crippen LogP) is 4.31. The number of nitrogens with one attached hydrogen (secondary N) is 2. The summed E-state index contributed by atoms with van der Waals surface area (Å²) in [4.78, 5) is 14.4. The van der Waals surface area contributed by atoms with Crippen LogP contribution < -0.4 is 10.1 Å². The van der Waals surface area contributed by atoms with Crippen molar-refractivity contribution in [1.82, 2.24) is 10.2 Å². The first kappa shape index (κ1) is 24.5. The minimum absolute atomic E-state index is 0.00662. The van der Waals surface area contributed by atoms with Gasteiger partial charge in [0, 0.05) is 59.2 Å². The maximum Gasteiger partial charge on any atom is 0.161 e. The van der Waals surface area contributed by atoms with Gasteiger partial charge in [0.2, 0.25) is 0 Å². The van der Waals surface area contributed by atoms with E-state index in [1.807, 2.05) is 18.3 Å². The van der Waals surface area contributed by atoms with Crippen LogP contribution in [0.25, 0.3) is 11.3 Å². The third-order valence-corrected chi connectivity index (χ3v) is 6.17. The molecular formula is C27H35N3O3. The van der Waals surface area contributed by atoms with Crippen molar-refractivity contribution in [3.05, 3.63) is 65.0 Å². The van der Waals surface area contributed by atoms with Gasteiger partial charge >= 0.3 is 0 Å². The number of nitrogens with zero attached hydrogens (tertiary/aromatic N) is 1. The van der Waals surface area contributed by atoms with Crippen LogP contribution in [0, 0.1) is 10.8 Å². The lowest BCUT2D eigenvalue weighted by Crippen LogP contribution is -2.45. The number of methoxy groups -OCH3 is 1. The maximum atomic E-state index is 12.2. The van der Waals surface area contributed by atoms with E-state index in [0.717, 1.165) is 28.8 Å². The van der Waals surface area contributed by atoms with Crippen molar-refractivity contribution < 1.29 is 14.6 Å². The second-order valence-electron chi connectivity index (χ2n) is 9.86. The van der Waals surface area contributed by atoms with Crippen LogP contribution in [0.1, 0.15) is 51.3 Å². The number of ether oxygens (including phenoxy) is 1. The molecule has 1 aromatic carbocycles. The normalized spacial score (nSPS) is 19.1. The van der Waals surface area contributed by atoms with Gasteiger partial charge in [-0.2, -0.15) is 0 Å². The molecule has 6 heteroatoms. The Hall–Kier alpha value is -3.12. The fourth-order valence-corrected chi connectivity index (χ4v) is 4.39. The molecule has 2 atom stereocenters.